The van der Waals surface area contributed by atoms with Crippen LogP contribution in [-0.2, 0) is 9.53 Å². The average molecular weight is 276 g/mol. The highest BCUT2D eigenvalue weighted by Crippen LogP contribution is 2.14. The maximum atomic E-state index is 12.3. The fraction of sp³-hybridized carbons (Fsp3) is 0.385. The fourth-order valence-electron chi connectivity index (χ4n) is 1.81. The third kappa shape index (κ3) is 2.34. The Bertz CT molecular complexity index is 652. The van der Waals surface area contributed by atoms with Crippen molar-refractivity contribution in [3.8, 4) is 0 Å². The summed E-state index contributed by atoms with van der Waals surface area (Å²) >= 11 is 0. The van der Waals surface area contributed by atoms with Gasteiger partial charge in [0.05, 0.1) is 13.3 Å². The van der Waals surface area contributed by atoms with Gasteiger partial charge in [0.2, 0.25) is 0 Å². The Morgan fingerprint density at radius 2 is 2.25 bits per heavy atom. The summed E-state index contributed by atoms with van der Waals surface area (Å²) in [6.45, 7) is 3.42. The van der Waals surface area contributed by atoms with Crippen LogP contribution in [0.2, 0.25) is 0 Å². The van der Waals surface area contributed by atoms with Gasteiger partial charge in [0.15, 0.2) is 5.65 Å². The van der Waals surface area contributed by atoms with Crippen molar-refractivity contribution in [1.82, 2.24) is 19.9 Å². The molecule has 0 bridgehead atoms. The molecule has 0 unspecified atom stereocenters. The first-order valence-electron chi connectivity index (χ1n) is 6.21. The minimum atomic E-state index is -1.07. The number of nitrogens with one attached hydrogen (secondary N) is 1. The third-order valence-electron chi connectivity index (χ3n) is 3.26. The molecule has 1 N–H and O–H groups in total. The highest BCUT2D eigenvalue weighted by atomic mass is 16.5. The number of rotatable bonds is 4. The number of fused-ring (bicyclic) bond motifs is 1. The standard InChI is InChI=1S/C13H16N4O3/c1-4-13(2,12(19)20-3)16-11(18)9-8-15-17-7-5-6-14-10(9)17/h5-8H,4H2,1-3H3,(H,16,18)/t13-/m1/s1. The second-order valence-corrected chi connectivity index (χ2v) is 4.58. The lowest BCUT2D eigenvalue weighted by molar-refractivity contribution is -0.147. The van der Waals surface area contributed by atoms with Gasteiger partial charge < -0.3 is 10.1 Å². The van der Waals surface area contributed by atoms with Crippen LogP contribution < -0.4 is 5.32 Å². The minimum absolute atomic E-state index is 0.314. The molecule has 0 saturated carbocycles. The molecule has 0 spiro atoms. The third-order valence-corrected chi connectivity index (χ3v) is 3.26. The maximum absolute atomic E-state index is 12.3. The van der Waals surface area contributed by atoms with Gasteiger partial charge in [-0.05, 0) is 19.4 Å². The van der Waals surface area contributed by atoms with Crippen LogP contribution in [0.25, 0.3) is 5.65 Å². The monoisotopic (exact) mass is 276 g/mol. The molecule has 0 aliphatic rings. The fourth-order valence-corrected chi connectivity index (χ4v) is 1.81. The normalized spacial score (nSPS) is 13.8. The number of carbonyl (C=O) groups is 2. The lowest BCUT2D eigenvalue weighted by Crippen LogP contribution is -2.52. The molecular weight excluding hydrogens is 260 g/mol. The smallest absolute Gasteiger partial charge is 0.331 e. The quantitative estimate of drug-likeness (QED) is 0.835. The summed E-state index contributed by atoms with van der Waals surface area (Å²) in [5.74, 6) is -0.897. The molecule has 2 rings (SSSR count). The molecule has 1 atom stereocenters. The van der Waals surface area contributed by atoms with Crippen LogP contribution in [0.3, 0.4) is 0 Å². The van der Waals surface area contributed by atoms with Gasteiger partial charge in [-0.25, -0.2) is 14.3 Å². The Hall–Kier alpha value is -2.44. The van der Waals surface area contributed by atoms with E-state index in [1.165, 1.54) is 17.8 Å². The molecule has 7 nitrogen and oxygen atoms in total. The molecule has 0 fully saturated rings. The topological polar surface area (TPSA) is 85.6 Å². The number of hydrogen-bond donors (Lipinski definition) is 1. The molecule has 0 aliphatic carbocycles. The van der Waals surface area contributed by atoms with E-state index in [-0.39, 0.29) is 0 Å². The molecule has 0 aliphatic heterocycles. The van der Waals surface area contributed by atoms with Crippen molar-refractivity contribution in [2.45, 2.75) is 25.8 Å². The summed E-state index contributed by atoms with van der Waals surface area (Å²) in [5.41, 5.74) is -0.322. The Morgan fingerprint density at radius 3 is 2.90 bits per heavy atom. The largest absolute Gasteiger partial charge is 0.467 e. The predicted molar refractivity (Wildman–Crippen MR) is 71.2 cm³/mol. The lowest BCUT2D eigenvalue weighted by Gasteiger charge is -2.26. The van der Waals surface area contributed by atoms with E-state index in [1.54, 1.807) is 32.3 Å². The van der Waals surface area contributed by atoms with Crippen molar-refractivity contribution in [2.24, 2.45) is 0 Å². The first-order chi connectivity index (χ1) is 9.51. The second-order valence-electron chi connectivity index (χ2n) is 4.58. The molecule has 0 saturated heterocycles. The van der Waals surface area contributed by atoms with E-state index in [9.17, 15) is 9.59 Å². The van der Waals surface area contributed by atoms with Gasteiger partial charge in [0.25, 0.3) is 5.91 Å². The van der Waals surface area contributed by atoms with Crippen molar-refractivity contribution in [2.75, 3.05) is 7.11 Å². The molecule has 2 aromatic rings. The number of amides is 1. The van der Waals surface area contributed by atoms with Crippen LogP contribution in [0.15, 0.2) is 24.7 Å². The second kappa shape index (κ2) is 5.28. The molecule has 2 aromatic heterocycles. The lowest BCUT2D eigenvalue weighted by atomic mass is 9.98. The summed E-state index contributed by atoms with van der Waals surface area (Å²) in [5, 5.41) is 6.72. The summed E-state index contributed by atoms with van der Waals surface area (Å²) in [6, 6.07) is 1.71. The number of aromatic nitrogens is 3. The number of methoxy groups -OCH3 is 1. The molecule has 0 radical (unpaired) electrons. The van der Waals surface area contributed by atoms with Crippen molar-refractivity contribution >= 4 is 17.5 Å². The molecule has 106 valence electrons. The van der Waals surface area contributed by atoms with Gasteiger partial charge in [0.1, 0.15) is 11.1 Å². The van der Waals surface area contributed by atoms with Gasteiger partial charge in [0, 0.05) is 12.4 Å². The van der Waals surface area contributed by atoms with Crippen LogP contribution >= 0.6 is 0 Å². The van der Waals surface area contributed by atoms with Gasteiger partial charge in [-0.2, -0.15) is 5.10 Å². The van der Waals surface area contributed by atoms with Crippen LogP contribution in [0.5, 0.6) is 0 Å². The molecule has 1 amide bonds. The Balaban J connectivity index is 2.30. The SMILES string of the molecule is CC[C@@](C)(NC(=O)c1cnn2cccnc12)C(=O)OC. The van der Waals surface area contributed by atoms with Crippen LogP contribution in [0, 0.1) is 0 Å². The van der Waals surface area contributed by atoms with Crippen molar-refractivity contribution < 1.29 is 14.3 Å². The predicted octanol–water partition coefficient (Wildman–Crippen LogP) is 0.801. The van der Waals surface area contributed by atoms with Gasteiger partial charge in [-0.1, -0.05) is 6.92 Å². The number of esters is 1. The number of hydrogen-bond acceptors (Lipinski definition) is 5. The van der Waals surface area contributed by atoms with Gasteiger partial charge in [-0.15, -0.1) is 0 Å². The van der Waals surface area contributed by atoms with Crippen LogP contribution in [-0.4, -0.2) is 39.1 Å². The van der Waals surface area contributed by atoms with E-state index >= 15 is 0 Å². The zero-order valence-corrected chi connectivity index (χ0v) is 11.6. The van der Waals surface area contributed by atoms with Crippen molar-refractivity contribution in [1.29, 1.82) is 0 Å². The van der Waals surface area contributed by atoms with E-state index in [1.807, 2.05) is 0 Å². The zero-order valence-electron chi connectivity index (χ0n) is 11.6. The van der Waals surface area contributed by atoms with Crippen LogP contribution in [0.1, 0.15) is 30.6 Å². The highest BCUT2D eigenvalue weighted by molar-refractivity contribution is 6.02. The Morgan fingerprint density at radius 1 is 1.50 bits per heavy atom. The van der Waals surface area contributed by atoms with E-state index in [0.29, 0.717) is 17.6 Å². The highest BCUT2D eigenvalue weighted by Gasteiger charge is 2.35. The minimum Gasteiger partial charge on any atom is -0.467 e. The molecule has 20 heavy (non-hydrogen) atoms. The molecule has 2 heterocycles. The van der Waals surface area contributed by atoms with E-state index < -0.39 is 17.4 Å². The van der Waals surface area contributed by atoms with Crippen molar-refractivity contribution in [3.05, 3.63) is 30.2 Å². The van der Waals surface area contributed by atoms with Crippen LogP contribution in [0.4, 0.5) is 0 Å². The summed E-state index contributed by atoms with van der Waals surface area (Å²) in [4.78, 5) is 28.2. The van der Waals surface area contributed by atoms with Gasteiger partial charge in [-0.3, -0.25) is 4.79 Å². The van der Waals surface area contributed by atoms with Crippen molar-refractivity contribution in [3.63, 3.8) is 0 Å². The van der Waals surface area contributed by atoms with Gasteiger partial charge >= 0.3 is 5.97 Å². The summed E-state index contributed by atoms with van der Waals surface area (Å²) in [6.07, 6.45) is 5.11. The van der Waals surface area contributed by atoms with E-state index in [4.69, 9.17) is 4.74 Å². The molecule has 7 heteroatoms. The Kier molecular flexibility index (Phi) is 3.69. The van der Waals surface area contributed by atoms with E-state index in [0.717, 1.165) is 0 Å². The number of carbonyl (C=O) groups excluding carboxylic acids is 2. The summed E-state index contributed by atoms with van der Waals surface area (Å²) < 4.78 is 6.22. The van der Waals surface area contributed by atoms with E-state index in [2.05, 4.69) is 15.4 Å². The Labute approximate surface area is 115 Å². The summed E-state index contributed by atoms with van der Waals surface area (Å²) in [7, 11) is 1.29. The zero-order chi connectivity index (χ0) is 14.8. The first kappa shape index (κ1) is 14.0. The molecular formula is C13H16N4O3. The maximum Gasteiger partial charge on any atom is 0.331 e. The average Bonchev–Trinajstić information content (AvgIpc) is 2.90. The number of nitrogens with zero attached hydrogens (tertiary/aromatic N) is 3. The molecule has 0 aromatic carbocycles. The number of ether oxygens (including phenoxy) is 1. The first-order valence-corrected chi connectivity index (χ1v) is 6.21.